The molecule has 0 saturated carbocycles. The second kappa shape index (κ2) is 10.6. The molecule has 1 aromatic carbocycles. The van der Waals surface area contributed by atoms with Crippen LogP contribution in [0.1, 0.15) is 33.1 Å². The fourth-order valence-electron chi connectivity index (χ4n) is 3.28. The van der Waals surface area contributed by atoms with Crippen LogP contribution in [-0.2, 0) is 19.7 Å². The zero-order valence-electron chi connectivity index (χ0n) is 16.3. The molecule has 1 atom stereocenters. The smallest absolute Gasteiger partial charge is 0.310 e. The maximum atomic E-state index is 12.5. The minimum Gasteiger partial charge on any atom is -0.466 e. The van der Waals surface area contributed by atoms with Crippen molar-refractivity contribution in [1.29, 1.82) is 0 Å². The van der Waals surface area contributed by atoms with Crippen LogP contribution in [0.5, 0.6) is 0 Å². The van der Waals surface area contributed by atoms with Crippen LogP contribution in [0.4, 0.5) is 5.69 Å². The number of carbonyl (C=O) groups excluding carboxylic acids is 1. The minimum absolute atomic E-state index is 0.194. The van der Waals surface area contributed by atoms with E-state index in [-0.39, 0.29) is 18.4 Å². The van der Waals surface area contributed by atoms with Gasteiger partial charge < -0.3 is 9.64 Å². The van der Waals surface area contributed by atoms with Gasteiger partial charge in [-0.25, -0.2) is 4.72 Å². The second-order valence-corrected chi connectivity index (χ2v) is 8.37. The SMILES string of the molecule is CCOC(=O)C1CCCN(S(=O)(=O)NCCCN(CC)c2ccccc2)C1. The van der Waals surface area contributed by atoms with Crippen LogP contribution in [0.25, 0.3) is 0 Å². The van der Waals surface area contributed by atoms with Gasteiger partial charge in [-0.15, -0.1) is 0 Å². The number of carbonyl (C=O) groups is 1. The molecule has 152 valence electrons. The van der Waals surface area contributed by atoms with Crippen LogP contribution >= 0.6 is 0 Å². The molecule has 1 aliphatic heterocycles. The summed E-state index contributed by atoms with van der Waals surface area (Å²) >= 11 is 0. The van der Waals surface area contributed by atoms with E-state index in [2.05, 4.69) is 28.7 Å². The largest absolute Gasteiger partial charge is 0.466 e. The Kier molecular flexibility index (Phi) is 8.53. The summed E-state index contributed by atoms with van der Waals surface area (Å²) in [5.74, 6) is -0.678. The zero-order valence-corrected chi connectivity index (χ0v) is 17.1. The van der Waals surface area contributed by atoms with Crippen molar-refractivity contribution in [3.05, 3.63) is 30.3 Å². The van der Waals surface area contributed by atoms with Crippen LogP contribution in [0.15, 0.2) is 30.3 Å². The molecule has 2 rings (SSSR count). The van der Waals surface area contributed by atoms with Gasteiger partial charge in [-0.3, -0.25) is 4.79 Å². The van der Waals surface area contributed by atoms with Crippen molar-refractivity contribution in [2.45, 2.75) is 33.1 Å². The predicted octanol–water partition coefficient (Wildman–Crippen LogP) is 2.01. The van der Waals surface area contributed by atoms with E-state index < -0.39 is 10.2 Å². The molecule has 7 nitrogen and oxygen atoms in total. The van der Waals surface area contributed by atoms with Crippen molar-refractivity contribution in [2.75, 3.05) is 44.2 Å². The quantitative estimate of drug-likeness (QED) is 0.483. The molecule has 0 amide bonds. The average molecular weight is 398 g/mol. The molecule has 0 aromatic heterocycles. The lowest BCUT2D eigenvalue weighted by molar-refractivity contribution is -0.149. The lowest BCUT2D eigenvalue weighted by Crippen LogP contribution is -2.48. The molecule has 1 aromatic rings. The van der Waals surface area contributed by atoms with Crippen LogP contribution in [0.2, 0.25) is 0 Å². The first kappa shape index (κ1) is 21.7. The molecule has 1 heterocycles. The van der Waals surface area contributed by atoms with Gasteiger partial charge in [0.15, 0.2) is 0 Å². The van der Waals surface area contributed by atoms with Gasteiger partial charge in [0, 0.05) is 38.4 Å². The Hall–Kier alpha value is -1.64. The summed E-state index contributed by atoms with van der Waals surface area (Å²) in [6.07, 6.45) is 2.05. The molecule has 0 radical (unpaired) electrons. The van der Waals surface area contributed by atoms with Crippen molar-refractivity contribution < 1.29 is 17.9 Å². The van der Waals surface area contributed by atoms with E-state index in [9.17, 15) is 13.2 Å². The standard InChI is InChI=1S/C19H31N3O4S/c1-3-21(18-11-6-5-7-12-18)14-9-13-20-27(24,25)22-15-8-10-17(16-22)19(23)26-4-2/h5-7,11-12,17,20H,3-4,8-10,13-16H2,1-2H3. The van der Waals surface area contributed by atoms with Crippen molar-refractivity contribution in [3.63, 3.8) is 0 Å². The van der Waals surface area contributed by atoms with Crippen molar-refractivity contribution in [1.82, 2.24) is 9.03 Å². The Bertz CT molecular complexity index is 681. The normalized spacial score (nSPS) is 18.2. The predicted molar refractivity (Wildman–Crippen MR) is 107 cm³/mol. The van der Waals surface area contributed by atoms with Gasteiger partial charge >= 0.3 is 5.97 Å². The topological polar surface area (TPSA) is 78.9 Å². The third-order valence-electron chi connectivity index (χ3n) is 4.74. The Morgan fingerprint density at radius 2 is 2.04 bits per heavy atom. The molecular weight excluding hydrogens is 366 g/mol. The van der Waals surface area contributed by atoms with Gasteiger partial charge in [0.1, 0.15) is 0 Å². The first-order chi connectivity index (χ1) is 13.0. The fourth-order valence-corrected chi connectivity index (χ4v) is 4.61. The van der Waals surface area contributed by atoms with Crippen molar-refractivity contribution in [3.8, 4) is 0 Å². The number of nitrogens with one attached hydrogen (secondary N) is 1. The number of para-hydroxylation sites is 1. The second-order valence-electron chi connectivity index (χ2n) is 6.62. The van der Waals surface area contributed by atoms with Gasteiger partial charge in [-0.1, -0.05) is 18.2 Å². The van der Waals surface area contributed by atoms with E-state index in [1.807, 2.05) is 18.2 Å². The summed E-state index contributed by atoms with van der Waals surface area (Å²) in [6.45, 7) is 6.79. The summed E-state index contributed by atoms with van der Waals surface area (Å²) in [4.78, 5) is 14.1. The highest BCUT2D eigenvalue weighted by Crippen LogP contribution is 2.20. The van der Waals surface area contributed by atoms with E-state index in [1.165, 1.54) is 4.31 Å². The highest BCUT2D eigenvalue weighted by Gasteiger charge is 2.32. The number of ether oxygens (including phenoxy) is 1. The van der Waals surface area contributed by atoms with E-state index >= 15 is 0 Å². The average Bonchev–Trinajstić information content (AvgIpc) is 2.69. The molecule has 1 N–H and O–H groups in total. The molecule has 1 aliphatic rings. The third kappa shape index (κ3) is 6.48. The molecule has 8 heteroatoms. The number of hydrogen-bond acceptors (Lipinski definition) is 5. The Labute approximate surface area is 162 Å². The van der Waals surface area contributed by atoms with Crippen LogP contribution in [0, 0.1) is 5.92 Å². The Morgan fingerprint density at radius 3 is 2.70 bits per heavy atom. The number of esters is 1. The summed E-state index contributed by atoms with van der Waals surface area (Å²) in [5, 5.41) is 0. The van der Waals surface area contributed by atoms with Crippen LogP contribution in [-0.4, -0.2) is 58.0 Å². The molecule has 0 spiro atoms. The highest BCUT2D eigenvalue weighted by atomic mass is 32.2. The molecule has 1 saturated heterocycles. The lowest BCUT2D eigenvalue weighted by atomic mass is 10.0. The minimum atomic E-state index is -3.58. The van der Waals surface area contributed by atoms with Crippen LogP contribution in [0.3, 0.4) is 0 Å². The number of rotatable bonds is 10. The zero-order chi connectivity index (χ0) is 19.7. The molecule has 27 heavy (non-hydrogen) atoms. The third-order valence-corrected chi connectivity index (χ3v) is 6.32. The van der Waals surface area contributed by atoms with E-state index in [0.717, 1.165) is 18.8 Å². The fraction of sp³-hybridized carbons (Fsp3) is 0.632. The maximum Gasteiger partial charge on any atom is 0.310 e. The van der Waals surface area contributed by atoms with Gasteiger partial charge in [0.05, 0.1) is 12.5 Å². The number of hydrogen-bond donors (Lipinski definition) is 1. The summed E-state index contributed by atoms with van der Waals surface area (Å²) in [6, 6.07) is 10.1. The Balaban J connectivity index is 1.81. The van der Waals surface area contributed by atoms with E-state index in [0.29, 0.717) is 39.0 Å². The van der Waals surface area contributed by atoms with E-state index in [4.69, 9.17) is 4.74 Å². The van der Waals surface area contributed by atoms with Crippen molar-refractivity contribution >= 4 is 21.9 Å². The number of anilines is 1. The molecule has 1 fully saturated rings. The molecular formula is C19H31N3O4S. The Morgan fingerprint density at radius 1 is 1.30 bits per heavy atom. The van der Waals surface area contributed by atoms with Crippen LogP contribution < -0.4 is 9.62 Å². The molecule has 0 aliphatic carbocycles. The first-order valence-electron chi connectivity index (χ1n) is 9.69. The van der Waals surface area contributed by atoms with Gasteiger partial charge in [0.2, 0.25) is 0 Å². The maximum absolute atomic E-state index is 12.5. The van der Waals surface area contributed by atoms with Gasteiger partial charge in [-0.2, -0.15) is 12.7 Å². The van der Waals surface area contributed by atoms with Crippen molar-refractivity contribution in [2.24, 2.45) is 5.92 Å². The van der Waals surface area contributed by atoms with E-state index in [1.54, 1.807) is 6.92 Å². The lowest BCUT2D eigenvalue weighted by Gasteiger charge is -2.30. The first-order valence-corrected chi connectivity index (χ1v) is 11.1. The highest BCUT2D eigenvalue weighted by molar-refractivity contribution is 7.87. The number of benzene rings is 1. The van der Waals surface area contributed by atoms with Gasteiger partial charge in [0.25, 0.3) is 10.2 Å². The summed E-state index contributed by atoms with van der Waals surface area (Å²) in [5.41, 5.74) is 1.14. The summed E-state index contributed by atoms with van der Waals surface area (Å²) < 4.78 is 34.2. The monoisotopic (exact) mass is 397 g/mol. The molecule has 1 unspecified atom stereocenters. The number of piperidine rings is 1. The summed E-state index contributed by atoms with van der Waals surface area (Å²) in [7, 11) is -3.58. The molecule has 0 bridgehead atoms. The van der Waals surface area contributed by atoms with Gasteiger partial charge in [-0.05, 0) is 45.2 Å². The number of nitrogens with zero attached hydrogens (tertiary/aromatic N) is 2.